The Labute approximate surface area is 225 Å². The van der Waals surface area contributed by atoms with Crippen LogP contribution in [0.5, 0.6) is 0 Å². The van der Waals surface area contributed by atoms with E-state index in [2.05, 4.69) is 31.2 Å². The average Bonchev–Trinajstić information content (AvgIpc) is 3.51. The van der Waals surface area contributed by atoms with Crippen molar-refractivity contribution in [2.45, 2.75) is 65.5 Å². The second-order valence-corrected chi connectivity index (χ2v) is 10.1. The molecule has 39 heavy (non-hydrogen) atoms. The maximum Gasteiger partial charge on any atom is 0.233 e. The summed E-state index contributed by atoms with van der Waals surface area (Å²) in [5, 5.41) is 6.42. The summed E-state index contributed by atoms with van der Waals surface area (Å²) < 4.78 is 59.0. The molecule has 1 saturated heterocycles. The molecule has 1 fully saturated rings. The Balaban J connectivity index is 0.000000218. The van der Waals surface area contributed by atoms with Gasteiger partial charge in [-0.3, -0.25) is 9.59 Å². The number of amides is 2. The van der Waals surface area contributed by atoms with Gasteiger partial charge in [-0.25, -0.2) is 17.6 Å². The van der Waals surface area contributed by atoms with Gasteiger partial charge in [0.15, 0.2) is 23.3 Å². The zero-order valence-corrected chi connectivity index (χ0v) is 22.6. The van der Waals surface area contributed by atoms with Gasteiger partial charge in [0, 0.05) is 24.7 Å². The van der Waals surface area contributed by atoms with E-state index in [0.29, 0.717) is 23.8 Å². The minimum atomic E-state index is -1.45. The number of rotatable bonds is 7. The second kappa shape index (κ2) is 12.9. The van der Waals surface area contributed by atoms with Crippen LogP contribution in [0.25, 0.3) is 11.1 Å². The lowest BCUT2D eigenvalue weighted by molar-refractivity contribution is -0.134. The van der Waals surface area contributed by atoms with Crippen LogP contribution < -0.4 is 5.32 Å². The normalized spacial score (nSPS) is 16.5. The molecule has 0 spiro atoms. The molecule has 0 bridgehead atoms. The predicted octanol–water partition coefficient (Wildman–Crippen LogP) is 6.45. The molecule has 6 nitrogen and oxygen atoms in total. The van der Waals surface area contributed by atoms with Crippen LogP contribution in [0.4, 0.5) is 17.6 Å². The van der Waals surface area contributed by atoms with Gasteiger partial charge in [-0.1, -0.05) is 43.3 Å². The predicted molar refractivity (Wildman–Crippen MR) is 139 cm³/mol. The molecular weight excluding hydrogens is 514 g/mol. The highest BCUT2D eigenvalue weighted by Crippen LogP contribution is 2.31. The first kappa shape index (κ1) is 29.9. The van der Waals surface area contributed by atoms with Crippen molar-refractivity contribution in [3.63, 3.8) is 0 Å². The smallest absolute Gasteiger partial charge is 0.233 e. The third-order valence-corrected chi connectivity index (χ3v) is 6.85. The highest BCUT2D eigenvalue weighted by molar-refractivity contribution is 5.84. The largest absolute Gasteiger partial charge is 0.360 e. The minimum Gasteiger partial charge on any atom is -0.360 e. The zero-order valence-electron chi connectivity index (χ0n) is 22.6. The standard InChI is InChI=1S/C15H11F4NO.C14H22N2O2/c1-8(20-7-21)9-2-4-10(5-3-9)13-14(18)11(16)6-12(17)15(13)19;1-9(2)13(12-8-10(3)15-18-12)14(17)16-7-5-6-11(16)4/h2-8H,1H3,(H,20,21);8-9,11,13H,5-7H2,1-4H3. The molecule has 1 N–H and O–H groups in total. The summed E-state index contributed by atoms with van der Waals surface area (Å²) in [5.41, 5.74) is 0.766. The van der Waals surface area contributed by atoms with Gasteiger partial charge in [-0.2, -0.15) is 0 Å². The molecule has 2 amide bonds. The maximum atomic E-state index is 13.7. The number of aromatic nitrogens is 1. The lowest BCUT2D eigenvalue weighted by Gasteiger charge is -2.27. The summed E-state index contributed by atoms with van der Waals surface area (Å²) in [4.78, 5) is 25.0. The number of nitrogens with one attached hydrogen (secondary N) is 1. The van der Waals surface area contributed by atoms with E-state index in [1.807, 2.05) is 17.9 Å². The number of hydrogen-bond acceptors (Lipinski definition) is 4. The van der Waals surface area contributed by atoms with Crippen LogP contribution in [0.2, 0.25) is 0 Å². The first-order chi connectivity index (χ1) is 18.5. The molecule has 3 aromatic rings. The van der Waals surface area contributed by atoms with Crippen LogP contribution in [0, 0.1) is 36.1 Å². The van der Waals surface area contributed by atoms with E-state index in [-0.39, 0.29) is 35.4 Å². The average molecular weight is 548 g/mol. The highest BCUT2D eigenvalue weighted by atomic mass is 19.2. The van der Waals surface area contributed by atoms with E-state index in [4.69, 9.17) is 4.52 Å². The molecule has 1 aromatic heterocycles. The van der Waals surface area contributed by atoms with Crippen molar-refractivity contribution in [3.8, 4) is 11.1 Å². The fourth-order valence-electron chi connectivity index (χ4n) is 4.67. The molecule has 3 unspecified atom stereocenters. The Kier molecular flexibility index (Phi) is 9.88. The lowest BCUT2D eigenvalue weighted by atomic mass is 9.91. The van der Waals surface area contributed by atoms with Crippen molar-refractivity contribution in [1.29, 1.82) is 0 Å². The molecular formula is C29H33F4N3O3. The van der Waals surface area contributed by atoms with Gasteiger partial charge in [0.05, 0.1) is 17.3 Å². The van der Waals surface area contributed by atoms with Crippen molar-refractivity contribution < 1.29 is 31.7 Å². The Bertz CT molecular complexity index is 1270. The molecule has 1 aliphatic rings. The monoisotopic (exact) mass is 547 g/mol. The van der Waals surface area contributed by atoms with Gasteiger partial charge in [0.2, 0.25) is 12.3 Å². The number of benzene rings is 2. The minimum absolute atomic E-state index is 0.00505. The Hall–Kier alpha value is -3.69. The number of aryl methyl sites for hydroxylation is 1. The van der Waals surface area contributed by atoms with Gasteiger partial charge in [0.1, 0.15) is 11.7 Å². The first-order valence-corrected chi connectivity index (χ1v) is 12.8. The van der Waals surface area contributed by atoms with Crippen molar-refractivity contribution in [1.82, 2.24) is 15.4 Å². The number of carbonyl (C=O) groups is 2. The topological polar surface area (TPSA) is 75.4 Å². The van der Waals surface area contributed by atoms with Crippen LogP contribution in [-0.4, -0.2) is 35.0 Å². The van der Waals surface area contributed by atoms with Crippen molar-refractivity contribution in [2.24, 2.45) is 5.92 Å². The number of likely N-dealkylation sites (tertiary alicyclic amines) is 1. The fraction of sp³-hybridized carbons (Fsp3) is 0.414. The molecule has 2 heterocycles. The molecule has 1 aliphatic heterocycles. The summed E-state index contributed by atoms with van der Waals surface area (Å²) in [6, 6.07) is 7.79. The summed E-state index contributed by atoms with van der Waals surface area (Å²) in [6.07, 6.45) is 2.74. The number of carbonyl (C=O) groups excluding carboxylic acids is 2. The number of nitrogens with zero attached hydrogens (tertiary/aromatic N) is 2. The molecule has 210 valence electrons. The SMILES string of the molecule is CC(NC=O)c1ccc(-c2c(F)c(F)cc(F)c2F)cc1.Cc1cc(C(C(=O)N2CCCC2C)C(C)C)on1. The maximum absolute atomic E-state index is 13.7. The van der Waals surface area contributed by atoms with E-state index < -0.39 is 28.8 Å². The Morgan fingerprint density at radius 3 is 2.15 bits per heavy atom. The third kappa shape index (κ3) is 6.85. The molecule has 0 saturated carbocycles. The molecule has 0 radical (unpaired) electrons. The summed E-state index contributed by atoms with van der Waals surface area (Å²) >= 11 is 0. The van der Waals surface area contributed by atoms with E-state index in [1.54, 1.807) is 6.92 Å². The van der Waals surface area contributed by atoms with Gasteiger partial charge in [-0.05, 0) is 50.7 Å². The van der Waals surface area contributed by atoms with E-state index >= 15 is 0 Å². The van der Waals surface area contributed by atoms with Gasteiger partial charge in [-0.15, -0.1) is 0 Å². The number of halogens is 4. The highest BCUT2D eigenvalue weighted by Gasteiger charge is 2.35. The third-order valence-electron chi connectivity index (χ3n) is 6.85. The lowest BCUT2D eigenvalue weighted by Crippen LogP contribution is -2.38. The Morgan fingerprint density at radius 2 is 1.69 bits per heavy atom. The van der Waals surface area contributed by atoms with Crippen LogP contribution in [0.3, 0.4) is 0 Å². The molecule has 4 rings (SSSR count). The van der Waals surface area contributed by atoms with Crippen LogP contribution in [0.15, 0.2) is 40.9 Å². The van der Waals surface area contributed by atoms with Gasteiger partial charge in [0.25, 0.3) is 0 Å². The van der Waals surface area contributed by atoms with Gasteiger partial charge >= 0.3 is 0 Å². The molecule has 0 aliphatic carbocycles. The van der Waals surface area contributed by atoms with Crippen molar-refractivity contribution in [2.75, 3.05) is 6.54 Å². The molecule has 2 aromatic carbocycles. The Morgan fingerprint density at radius 1 is 1.08 bits per heavy atom. The quantitative estimate of drug-likeness (QED) is 0.210. The molecule has 10 heteroatoms. The zero-order chi connectivity index (χ0) is 28.9. The second-order valence-electron chi connectivity index (χ2n) is 10.1. The van der Waals surface area contributed by atoms with Crippen LogP contribution in [0.1, 0.15) is 69.5 Å². The van der Waals surface area contributed by atoms with Crippen molar-refractivity contribution >= 4 is 12.3 Å². The van der Waals surface area contributed by atoms with E-state index in [1.165, 1.54) is 24.3 Å². The number of hydrogen-bond donors (Lipinski definition) is 1. The van der Waals surface area contributed by atoms with Crippen LogP contribution in [-0.2, 0) is 9.59 Å². The van der Waals surface area contributed by atoms with Crippen molar-refractivity contribution in [3.05, 3.63) is 76.7 Å². The summed E-state index contributed by atoms with van der Waals surface area (Å²) in [5.74, 6) is -4.89. The first-order valence-electron chi connectivity index (χ1n) is 12.8. The van der Waals surface area contributed by atoms with Gasteiger partial charge < -0.3 is 14.7 Å². The van der Waals surface area contributed by atoms with E-state index in [0.717, 1.165) is 25.1 Å². The van der Waals surface area contributed by atoms with Crippen LogP contribution >= 0.6 is 0 Å². The molecule has 3 atom stereocenters. The fourth-order valence-corrected chi connectivity index (χ4v) is 4.67. The summed E-state index contributed by atoms with van der Waals surface area (Å²) in [6.45, 7) is 10.7. The summed E-state index contributed by atoms with van der Waals surface area (Å²) in [7, 11) is 0. The van der Waals surface area contributed by atoms with E-state index in [9.17, 15) is 27.2 Å².